The third-order valence-corrected chi connectivity index (χ3v) is 4.34. The van der Waals surface area contributed by atoms with Crippen LogP contribution in [0.2, 0.25) is 5.02 Å². The Morgan fingerprint density at radius 3 is 2.90 bits per heavy atom. The largest absolute Gasteiger partial charge is 0.343 e. The van der Waals surface area contributed by atoms with Gasteiger partial charge in [0.05, 0.1) is 16.7 Å². The van der Waals surface area contributed by atoms with Crippen molar-refractivity contribution in [2.24, 2.45) is 0 Å². The smallest absolute Gasteiger partial charge is 0.242 e. The Balaban J connectivity index is 2.12. The van der Waals surface area contributed by atoms with E-state index in [9.17, 15) is 8.42 Å². The molecule has 104 valence electrons. The molecule has 0 aliphatic carbocycles. The number of halogens is 1. The molecule has 0 fully saturated rings. The molecular formula is C11H9ClN4O3S. The molecule has 7 nitrogen and oxygen atoms in total. The number of hydrogen-bond donors (Lipinski definition) is 1. The first-order valence-electron chi connectivity index (χ1n) is 5.47. The predicted octanol–water partition coefficient (Wildman–Crippen LogP) is 1.12. The average Bonchev–Trinajstić information content (AvgIpc) is 2.92. The van der Waals surface area contributed by atoms with Crippen LogP contribution in [0, 0.1) is 11.3 Å². The van der Waals surface area contributed by atoms with E-state index in [1.54, 1.807) is 0 Å². The number of nitriles is 1. The van der Waals surface area contributed by atoms with E-state index >= 15 is 0 Å². The highest BCUT2D eigenvalue weighted by molar-refractivity contribution is 7.89. The molecule has 0 amide bonds. The Labute approximate surface area is 120 Å². The normalized spacial score (nSPS) is 11.2. The van der Waals surface area contributed by atoms with Gasteiger partial charge in [0.15, 0.2) is 5.82 Å². The first-order chi connectivity index (χ1) is 9.53. The highest BCUT2D eigenvalue weighted by Gasteiger charge is 2.18. The van der Waals surface area contributed by atoms with E-state index in [1.165, 1.54) is 18.2 Å². The van der Waals surface area contributed by atoms with Gasteiger partial charge in [0.2, 0.25) is 16.4 Å². The minimum atomic E-state index is -3.80. The number of hydrogen-bond acceptors (Lipinski definition) is 6. The minimum absolute atomic E-state index is 0.0519. The van der Waals surface area contributed by atoms with E-state index in [4.69, 9.17) is 16.9 Å². The van der Waals surface area contributed by atoms with Crippen molar-refractivity contribution >= 4 is 21.6 Å². The quantitative estimate of drug-likeness (QED) is 0.886. The first-order valence-corrected chi connectivity index (χ1v) is 7.33. The second-order valence-corrected chi connectivity index (χ2v) is 5.89. The van der Waals surface area contributed by atoms with Crippen LogP contribution in [-0.2, 0) is 16.4 Å². The highest BCUT2D eigenvalue weighted by Crippen LogP contribution is 2.22. The van der Waals surface area contributed by atoms with Gasteiger partial charge < -0.3 is 4.52 Å². The number of aromatic nitrogens is 2. The molecule has 1 aromatic heterocycles. The molecule has 1 N–H and O–H groups in total. The van der Waals surface area contributed by atoms with Gasteiger partial charge in [0, 0.05) is 13.0 Å². The number of nitrogens with one attached hydrogen (secondary N) is 1. The molecule has 20 heavy (non-hydrogen) atoms. The number of rotatable bonds is 5. The third-order valence-electron chi connectivity index (χ3n) is 2.40. The van der Waals surface area contributed by atoms with Crippen LogP contribution in [0.5, 0.6) is 0 Å². The van der Waals surface area contributed by atoms with Crippen molar-refractivity contribution in [3.8, 4) is 6.07 Å². The molecule has 0 saturated carbocycles. The zero-order valence-corrected chi connectivity index (χ0v) is 11.6. The van der Waals surface area contributed by atoms with Crippen molar-refractivity contribution in [2.45, 2.75) is 11.3 Å². The fourth-order valence-corrected chi connectivity index (χ4v) is 3.01. The molecule has 1 heterocycles. The Bertz CT molecular complexity index is 738. The lowest BCUT2D eigenvalue weighted by Crippen LogP contribution is -2.26. The molecule has 0 bridgehead atoms. The number of sulfonamides is 1. The van der Waals surface area contributed by atoms with Crippen LogP contribution in [0.4, 0.5) is 0 Å². The van der Waals surface area contributed by atoms with E-state index in [1.807, 2.05) is 6.07 Å². The maximum atomic E-state index is 12.1. The van der Waals surface area contributed by atoms with E-state index in [0.29, 0.717) is 5.82 Å². The Morgan fingerprint density at radius 2 is 2.25 bits per heavy atom. The monoisotopic (exact) mass is 312 g/mol. The summed E-state index contributed by atoms with van der Waals surface area (Å²) in [5.74, 6) is 0.393. The lowest BCUT2D eigenvalue weighted by Gasteiger charge is -2.07. The molecule has 1 aromatic carbocycles. The summed E-state index contributed by atoms with van der Waals surface area (Å²) < 4.78 is 31.1. The second-order valence-electron chi connectivity index (χ2n) is 3.75. The van der Waals surface area contributed by atoms with Crippen molar-refractivity contribution in [1.29, 1.82) is 5.26 Å². The van der Waals surface area contributed by atoms with Gasteiger partial charge in [-0.05, 0) is 18.2 Å². The molecule has 0 aliphatic heterocycles. The fraction of sp³-hybridized carbons (Fsp3) is 0.182. The lowest BCUT2D eigenvalue weighted by molar-refractivity contribution is 0.410. The number of benzene rings is 1. The Hall–Kier alpha value is -1.95. The third kappa shape index (κ3) is 3.33. The van der Waals surface area contributed by atoms with Gasteiger partial charge in [-0.1, -0.05) is 16.8 Å². The van der Waals surface area contributed by atoms with Crippen molar-refractivity contribution < 1.29 is 12.9 Å². The molecule has 0 atom stereocenters. The maximum Gasteiger partial charge on any atom is 0.242 e. The van der Waals surface area contributed by atoms with Gasteiger partial charge in [-0.15, -0.1) is 0 Å². The molecule has 2 aromatic rings. The van der Waals surface area contributed by atoms with Crippen molar-refractivity contribution in [2.75, 3.05) is 6.54 Å². The van der Waals surface area contributed by atoms with Crippen LogP contribution in [0.25, 0.3) is 0 Å². The van der Waals surface area contributed by atoms with Crippen LogP contribution in [0.3, 0.4) is 0 Å². The fourth-order valence-electron chi connectivity index (χ4n) is 1.46. The summed E-state index contributed by atoms with van der Waals surface area (Å²) in [5, 5.41) is 12.4. The summed E-state index contributed by atoms with van der Waals surface area (Å²) in [4.78, 5) is 3.64. The average molecular weight is 313 g/mol. The highest BCUT2D eigenvalue weighted by atomic mass is 35.5. The van der Waals surface area contributed by atoms with E-state index < -0.39 is 10.0 Å². The standard InChI is InChI=1S/C11H9ClN4O3S/c12-9-2-1-8(6-13)5-10(9)20(17,18)15-4-3-11-14-7-19-16-11/h1-2,5,7,15H,3-4H2. The van der Waals surface area contributed by atoms with Crippen LogP contribution >= 0.6 is 11.6 Å². The summed E-state index contributed by atoms with van der Waals surface area (Å²) in [7, 11) is -3.80. The van der Waals surface area contributed by atoms with Gasteiger partial charge in [-0.2, -0.15) is 10.2 Å². The molecule has 9 heteroatoms. The summed E-state index contributed by atoms with van der Waals surface area (Å²) in [6.45, 7) is 0.0922. The zero-order chi connectivity index (χ0) is 14.6. The van der Waals surface area contributed by atoms with E-state index in [2.05, 4.69) is 19.4 Å². The zero-order valence-electron chi connectivity index (χ0n) is 10.1. The molecular weight excluding hydrogens is 304 g/mol. The molecule has 0 radical (unpaired) electrons. The molecule has 0 aliphatic rings. The molecule has 0 saturated heterocycles. The topological polar surface area (TPSA) is 109 Å². The first kappa shape index (κ1) is 14.5. The molecule has 0 spiro atoms. The van der Waals surface area contributed by atoms with Crippen LogP contribution in [0.15, 0.2) is 34.0 Å². The van der Waals surface area contributed by atoms with Crippen LogP contribution in [-0.4, -0.2) is 25.1 Å². The van der Waals surface area contributed by atoms with Gasteiger partial charge in [0.25, 0.3) is 0 Å². The van der Waals surface area contributed by atoms with E-state index in [0.717, 1.165) is 6.39 Å². The van der Waals surface area contributed by atoms with Crippen molar-refractivity contribution in [1.82, 2.24) is 14.9 Å². The maximum absolute atomic E-state index is 12.1. The van der Waals surface area contributed by atoms with Gasteiger partial charge in [-0.3, -0.25) is 0 Å². The Kier molecular flexibility index (Phi) is 4.34. The Morgan fingerprint density at radius 1 is 1.45 bits per heavy atom. The van der Waals surface area contributed by atoms with E-state index in [-0.39, 0.29) is 28.4 Å². The lowest BCUT2D eigenvalue weighted by atomic mass is 10.2. The van der Waals surface area contributed by atoms with Crippen molar-refractivity contribution in [3.05, 3.63) is 41.0 Å². The molecule has 0 unspecified atom stereocenters. The van der Waals surface area contributed by atoms with Crippen LogP contribution in [0.1, 0.15) is 11.4 Å². The van der Waals surface area contributed by atoms with Crippen LogP contribution < -0.4 is 4.72 Å². The van der Waals surface area contributed by atoms with Crippen molar-refractivity contribution in [3.63, 3.8) is 0 Å². The second kappa shape index (κ2) is 6.00. The number of nitrogens with zero attached hydrogens (tertiary/aromatic N) is 3. The summed E-state index contributed by atoms with van der Waals surface area (Å²) >= 11 is 5.85. The molecule has 2 rings (SSSR count). The van der Waals surface area contributed by atoms with Gasteiger partial charge in [-0.25, -0.2) is 13.1 Å². The summed E-state index contributed by atoms with van der Waals surface area (Å²) in [6.07, 6.45) is 1.45. The summed E-state index contributed by atoms with van der Waals surface area (Å²) in [5.41, 5.74) is 0.216. The minimum Gasteiger partial charge on any atom is -0.343 e. The van der Waals surface area contributed by atoms with Gasteiger partial charge >= 0.3 is 0 Å². The summed E-state index contributed by atoms with van der Waals surface area (Å²) in [6, 6.07) is 5.90. The van der Waals surface area contributed by atoms with Gasteiger partial charge in [0.1, 0.15) is 4.90 Å². The SMILES string of the molecule is N#Cc1ccc(Cl)c(S(=O)(=O)NCCc2ncon2)c1. The predicted molar refractivity (Wildman–Crippen MR) is 69.4 cm³/mol.